The predicted octanol–water partition coefficient (Wildman–Crippen LogP) is 6.64. The molecule has 1 heterocycles. The van der Waals surface area contributed by atoms with Crippen molar-refractivity contribution in [3.8, 4) is 17.0 Å². The molecule has 1 aliphatic carbocycles. The minimum absolute atomic E-state index is 0.0731. The van der Waals surface area contributed by atoms with Crippen molar-refractivity contribution >= 4 is 9.84 Å². The number of sulfone groups is 1. The molecule has 36 heavy (non-hydrogen) atoms. The third-order valence-corrected chi connectivity index (χ3v) is 9.50. The van der Waals surface area contributed by atoms with E-state index < -0.39 is 9.84 Å². The van der Waals surface area contributed by atoms with Crippen LogP contribution in [0, 0.1) is 0 Å². The molecule has 0 saturated heterocycles. The number of ether oxygens (including phenoxy) is 1. The molecule has 0 radical (unpaired) electrons. The zero-order valence-electron chi connectivity index (χ0n) is 21.9. The maximum absolute atomic E-state index is 12.5. The maximum Gasteiger partial charge on any atom is 0.178 e. The number of nitrogens with one attached hydrogen (secondary N) is 1. The lowest BCUT2D eigenvalue weighted by Gasteiger charge is -2.44. The van der Waals surface area contributed by atoms with Gasteiger partial charge in [-0.05, 0) is 61.7 Å². The molecule has 0 bridgehead atoms. The standard InChI is InChI=1S/C30H40N2O3S/c1-4-32(30(19-11-6-7-12-20-30)22-24-13-9-8-10-14-24)23-25-15-17-28(31-25)27-21-26(36(33,34)5-2)16-18-29(27)35-3/h8-10,13-18,21,31H,4-7,11-12,19-20,22-23H2,1-3H3. The van der Waals surface area contributed by atoms with Crippen LogP contribution in [0.1, 0.15) is 63.6 Å². The Hall–Kier alpha value is -2.57. The van der Waals surface area contributed by atoms with E-state index >= 15 is 0 Å². The first-order valence-electron chi connectivity index (χ1n) is 13.3. The number of methoxy groups -OCH3 is 1. The number of likely N-dealkylation sites (N-methyl/N-ethyl adjacent to an activating group) is 1. The molecule has 1 aromatic heterocycles. The summed E-state index contributed by atoms with van der Waals surface area (Å²) in [6, 6.07) is 20.2. The van der Waals surface area contributed by atoms with E-state index in [1.165, 1.54) is 44.1 Å². The summed E-state index contributed by atoms with van der Waals surface area (Å²) in [4.78, 5) is 6.57. The summed E-state index contributed by atoms with van der Waals surface area (Å²) >= 11 is 0. The van der Waals surface area contributed by atoms with Crippen LogP contribution in [-0.4, -0.2) is 43.2 Å². The Bertz CT molecular complexity index is 1230. The molecule has 2 aromatic carbocycles. The van der Waals surface area contributed by atoms with Gasteiger partial charge in [-0.2, -0.15) is 0 Å². The lowest BCUT2D eigenvalue weighted by molar-refractivity contribution is 0.0669. The highest BCUT2D eigenvalue weighted by Gasteiger charge is 2.36. The zero-order valence-corrected chi connectivity index (χ0v) is 22.7. The maximum atomic E-state index is 12.5. The first-order chi connectivity index (χ1) is 17.4. The fraction of sp³-hybridized carbons (Fsp3) is 0.467. The van der Waals surface area contributed by atoms with E-state index in [1.807, 2.05) is 6.07 Å². The molecule has 6 heteroatoms. The van der Waals surface area contributed by atoms with Gasteiger partial charge in [0.15, 0.2) is 9.84 Å². The van der Waals surface area contributed by atoms with Crippen LogP contribution in [0.4, 0.5) is 0 Å². The average Bonchev–Trinajstić information content (AvgIpc) is 3.25. The Kier molecular flexibility index (Phi) is 8.58. The molecule has 1 saturated carbocycles. The molecule has 0 atom stereocenters. The Morgan fingerprint density at radius 3 is 2.31 bits per heavy atom. The molecule has 0 spiro atoms. The first-order valence-corrected chi connectivity index (χ1v) is 14.9. The fourth-order valence-corrected chi connectivity index (χ4v) is 6.64. The van der Waals surface area contributed by atoms with Gasteiger partial charge < -0.3 is 9.72 Å². The third-order valence-electron chi connectivity index (χ3n) is 7.77. The summed E-state index contributed by atoms with van der Waals surface area (Å²) in [6.45, 7) is 5.75. The summed E-state index contributed by atoms with van der Waals surface area (Å²) < 4.78 is 30.6. The molecule has 0 aliphatic heterocycles. The van der Waals surface area contributed by atoms with Crippen LogP contribution < -0.4 is 4.74 Å². The summed E-state index contributed by atoms with van der Waals surface area (Å²) in [7, 11) is -1.68. The smallest absolute Gasteiger partial charge is 0.178 e. The van der Waals surface area contributed by atoms with E-state index in [0.29, 0.717) is 10.6 Å². The monoisotopic (exact) mass is 508 g/mol. The van der Waals surface area contributed by atoms with E-state index in [-0.39, 0.29) is 11.3 Å². The molecular weight excluding hydrogens is 468 g/mol. The Morgan fingerprint density at radius 2 is 1.67 bits per heavy atom. The molecule has 1 aliphatic rings. The average molecular weight is 509 g/mol. The molecule has 1 N–H and O–H groups in total. The Morgan fingerprint density at radius 1 is 0.944 bits per heavy atom. The van der Waals surface area contributed by atoms with Crippen LogP contribution >= 0.6 is 0 Å². The minimum Gasteiger partial charge on any atom is -0.496 e. The second-order valence-corrected chi connectivity index (χ2v) is 12.3. The molecule has 3 aromatic rings. The van der Waals surface area contributed by atoms with Gasteiger partial charge in [-0.15, -0.1) is 0 Å². The van der Waals surface area contributed by atoms with Crippen LogP contribution in [0.2, 0.25) is 0 Å². The van der Waals surface area contributed by atoms with Gasteiger partial charge in [0, 0.05) is 29.0 Å². The van der Waals surface area contributed by atoms with Crippen molar-refractivity contribution in [2.75, 3.05) is 19.4 Å². The minimum atomic E-state index is -3.30. The number of aromatic amines is 1. The van der Waals surface area contributed by atoms with E-state index in [2.05, 4.69) is 53.2 Å². The Balaban J connectivity index is 1.64. The van der Waals surface area contributed by atoms with Crippen molar-refractivity contribution in [2.45, 2.75) is 75.8 Å². The lowest BCUT2D eigenvalue weighted by atomic mass is 9.81. The second-order valence-electron chi connectivity index (χ2n) is 9.98. The van der Waals surface area contributed by atoms with E-state index in [0.717, 1.165) is 36.5 Å². The normalized spacial score (nSPS) is 16.1. The lowest BCUT2D eigenvalue weighted by Crippen LogP contribution is -2.49. The van der Waals surface area contributed by atoms with Crippen molar-refractivity contribution in [2.24, 2.45) is 0 Å². The topological polar surface area (TPSA) is 62.4 Å². The second kappa shape index (κ2) is 11.7. The fourth-order valence-electron chi connectivity index (χ4n) is 5.74. The van der Waals surface area contributed by atoms with Crippen LogP contribution in [0.3, 0.4) is 0 Å². The molecule has 1 fully saturated rings. The van der Waals surface area contributed by atoms with Crippen LogP contribution in [0.5, 0.6) is 5.75 Å². The number of rotatable bonds is 10. The number of hydrogen-bond donors (Lipinski definition) is 1. The quantitative estimate of drug-likeness (QED) is 0.312. The molecule has 194 valence electrons. The largest absolute Gasteiger partial charge is 0.496 e. The van der Waals surface area contributed by atoms with E-state index in [1.54, 1.807) is 32.2 Å². The SMILES string of the molecule is CCN(Cc1ccc(-c2cc(S(=O)(=O)CC)ccc2OC)[nH]1)C1(Cc2ccccc2)CCCCCC1. The van der Waals surface area contributed by atoms with Crippen molar-refractivity contribution in [3.63, 3.8) is 0 Å². The van der Waals surface area contributed by atoms with Crippen LogP contribution in [-0.2, 0) is 22.8 Å². The Labute approximate surface area is 216 Å². The van der Waals surface area contributed by atoms with Crippen LogP contribution in [0.15, 0.2) is 65.6 Å². The first kappa shape index (κ1) is 26.5. The van der Waals surface area contributed by atoms with Crippen molar-refractivity contribution < 1.29 is 13.2 Å². The zero-order chi connectivity index (χ0) is 25.6. The summed E-state index contributed by atoms with van der Waals surface area (Å²) in [6.07, 6.45) is 8.68. The summed E-state index contributed by atoms with van der Waals surface area (Å²) in [5.74, 6) is 0.735. The van der Waals surface area contributed by atoms with Gasteiger partial charge in [0.05, 0.1) is 17.8 Å². The van der Waals surface area contributed by atoms with E-state index in [9.17, 15) is 8.42 Å². The number of hydrogen-bond acceptors (Lipinski definition) is 4. The van der Waals surface area contributed by atoms with Gasteiger partial charge >= 0.3 is 0 Å². The van der Waals surface area contributed by atoms with Crippen molar-refractivity contribution in [1.82, 2.24) is 9.88 Å². The highest BCUT2D eigenvalue weighted by Crippen LogP contribution is 2.37. The van der Waals surface area contributed by atoms with E-state index in [4.69, 9.17) is 4.74 Å². The molecule has 4 rings (SSSR count). The third kappa shape index (κ3) is 5.87. The highest BCUT2D eigenvalue weighted by molar-refractivity contribution is 7.91. The van der Waals surface area contributed by atoms with Crippen molar-refractivity contribution in [3.05, 3.63) is 71.9 Å². The molecule has 0 amide bonds. The van der Waals surface area contributed by atoms with Crippen LogP contribution in [0.25, 0.3) is 11.3 Å². The number of benzene rings is 2. The molecular formula is C30H40N2O3S. The summed E-state index contributed by atoms with van der Waals surface area (Å²) in [5, 5.41) is 0. The number of nitrogens with zero attached hydrogens (tertiary/aromatic N) is 1. The van der Waals surface area contributed by atoms with Crippen molar-refractivity contribution in [1.29, 1.82) is 0 Å². The predicted molar refractivity (Wildman–Crippen MR) is 147 cm³/mol. The highest BCUT2D eigenvalue weighted by atomic mass is 32.2. The van der Waals surface area contributed by atoms with Gasteiger partial charge in [-0.3, -0.25) is 4.90 Å². The number of aromatic nitrogens is 1. The van der Waals surface area contributed by atoms with Gasteiger partial charge in [0.1, 0.15) is 5.75 Å². The van der Waals surface area contributed by atoms with Gasteiger partial charge in [0.25, 0.3) is 0 Å². The number of H-pyrrole nitrogens is 1. The van der Waals surface area contributed by atoms with Gasteiger partial charge in [-0.1, -0.05) is 69.9 Å². The summed E-state index contributed by atoms with van der Waals surface area (Å²) in [5.41, 5.74) is 4.34. The van der Waals surface area contributed by atoms with Gasteiger partial charge in [0.2, 0.25) is 0 Å². The van der Waals surface area contributed by atoms with Gasteiger partial charge in [-0.25, -0.2) is 8.42 Å². The molecule has 5 nitrogen and oxygen atoms in total. The molecule has 0 unspecified atom stereocenters.